The summed E-state index contributed by atoms with van der Waals surface area (Å²) in [4.78, 5) is 11.7. The van der Waals surface area contributed by atoms with Crippen molar-refractivity contribution in [3.8, 4) is 0 Å². The summed E-state index contributed by atoms with van der Waals surface area (Å²) in [5.74, 6) is 0.922. The highest BCUT2D eigenvalue weighted by Crippen LogP contribution is 2.40. The van der Waals surface area contributed by atoms with Gasteiger partial charge in [-0.1, -0.05) is 0 Å². The van der Waals surface area contributed by atoms with Crippen molar-refractivity contribution >= 4 is 24.1 Å². The van der Waals surface area contributed by atoms with E-state index in [4.69, 9.17) is 10.5 Å². The first-order valence-corrected chi connectivity index (χ1v) is 6.28. The predicted octanol–water partition coefficient (Wildman–Crippen LogP) is 1.11. The SMILES string of the molecule is CCn1nc(NC(=O)C(N)COC)cc1C1CC1.Cl. The largest absolute Gasteiger partial charge is 0.383 e. The summed E-state index contributed by atoms with van der Waals surface area (Å²) in [6.07, 6.45) is 2.42. The number of aromatic nitrogens is 2. The molecule has 1 aliphatic rings. The third-order valence-electron chi connectivity index (χ3n) is 3.04. The van der Waals surface area contributed by atoms with Gasteiger partial charge < -0.3 is 15.8 Å². The Balaban J connectivity index is 0.00000180. The monoisotopic (exact) mass is 288 g/mol. The maximum Gasteiger partial charge on any atom is 0.244 e. The Morgan fingerprint density at radius 2 is 2.37 bits per heavy atom. The Hall–Kier alpha value is -1.11. The van der Waals surface area contributed by atoms with Crippen LogP contribution in [0.2, 0.25) is 0 Å². The average molecular weight is 289 g/mol. The van der Waals surface area contributed by atoms with Gasteiger partial charge in [0.1, 0.15) is 6.04 Å². The van der Waals surface area contributed by atoms with Gasteiger partial charge in [0, 0.05) is 31.3 Å². The standard InChI is InChI=1S/C12H20N4O2.ClH/c1-3-16-10(8-4-5-8)6-11(15-16)14-12(17)9(13)7-18-2;/h6,8-9H,3-5,7,13H2,1-2H3,(H,14,15,17);1H. The molecular weight excluding hydrogens is 268 g/mol. The van der Waals surface area contributed by atoms with E-state index < -0.39 is 6.04 Å². The molecule has 7 heteroatoms. The molecule has 1 saturated carbocycles. The minimum absolute atomic E-state index is 0. The van der Waals surface area contributed by atoms with Crippen LogP contribution in [0.15, 0.2) is 6.07 Å². The fourth-order valence-corrected chi connectivity index (χ4v) is 1.93. The number of carbonyl (C=O) groups excluding carboxylic acids is 1. The van der Waals surface area contributed by atoms with E-state index in [0.29, 0.717) is 11.7 Å². The predicted molar refractivity (Wildman–Crippen MR) is 75.6 cm³/mol. The number of ether oxygens (including phenoxy) is 1. The highest BCUT2D eigenvalue weighted by molar-refractivity contribution is 5.94. The van der Waals surface area contributed by atoms with Crippen LogP contribution in [0.4, 0.5) is 5.82 Å². The normalized spacial score (nSPS) is 15.7. The molecule has 0 bridgehead atoms. The highest BCUT2D eigenvalue weighted by atomic mass is 35.5. The lowest BCUT2D eigenvalue weighted by molar-refractivity contribution is -0.118. The van der Waals surface area contributed by atoms with Crippen LogP contribution >= 0.6 is 12.4 Å². The molecule has 0 aliphatic heterocycles. The molecule has 3 N–H and O–H groups in total. The van der Waals surface area contributed by atoms with E-state index in [-0.39, 0.29) is 24.9 Å². The molecule has 2 rings (SSSR count). The smallest absolute Gasteiger partial charge is 0.244 e. The molecule has 1 aliphatic carbocycles. The van der Waals surface area contributed by atoms with E-state index in [0.717, 1.165) is 6.54 Å². The van der Waals surface area contributed by atoms with Crippen LogP contribution in [0, 0.1) is 0 Å². The molecule has 1 unspecified atom stereocenters. The number of halogens is 1. The second-order valence-corrected chi connectivity index (χ2v) is 4.60. The zero-order valence-electron chi connectivity index (χ0n) is 11.3. The second-order valence-electron chi connectivity index (χ2n) is 4.60. The van der Waals surface area contributed by atoms with Gasteiger partial charge in [0.2, 0.25) is 5.91 Å². The van der Waals surface area contributed by atoms with Crippen LogP contribution in [-0.4, -0.2) is 35.4 Å². The molecule has 1 fully saturated rings. The molecule has 108 valence electrons. The lowest BCUT2D eigenvalue weighted by Gasteiger charge is -2.08. The van der Waals surface area contributed by atoms with Gasteiger partial charge in [-0.3, -0.25) is 9.48 Å². The molecule has 1 heterocycles. The molecule has 0 radical (unpaired) electrons. The van der Waals surface area contributed by atoms with Crippen LogP contribution < -0.4 is 11.1 Å². The number of nitrogens with two attached hydrogens (primary N) is 1. The van der Waals surface area contributed by atoms with Crippen LogP contribution in [0.25, 0.3) is 0 Å². The molecule has 6 nitrogen and oxygen atoms in total. The highest BCUT2D eigenvalue weighted by Gasteiger charge is 2.28. The summed E-state index contributed by atoms with van der Waals surface area (Å²) >= 11 is 0. The number of amides is 1. The first-order valence-electron chi connectivity index (χ1n) is 6.28. The van der Waals surface area contributed by atoms with Gasteiger partial charge >= 0.3 is 0 Å². The molecule has 1 atom stereocenters. The quantitative estimate of drug-likeness (QED) is 0.822. The van der Waals surface area contributed by atoms with Gasteiger partial charge in [0.25, 0.3) is 0 Å². The van der Waals surface area contributed by atoms with Gasteiger partial charge in [-0.05, 0) is 19.8 Å². The maximum atomic E-state index is 11.7. The third-order valence-corrected chi connectivity index (χ3v) is 3.04. The number of methoxy groups -OCH3 is 1. The van der Waals surface area contributed by atoms with Crippen molar-refractivity contribution in [1.29, 1.82) is 0 Å². The summed E-state index contributed by atoms with van der Waals surface area (Å²) in [7, 11) is 1.52. The number of anilines is 1. The van der Waals surface area contributed by atoms with E-state index in [9.17, 15) is 4.79 Å². The molecule has 1 amide bonds. The Morgan fingerprint density at radius 1 is 1.68 bits per heavy atom. The minimum atomic E-state index is -0.661. The Morgan fingerprint density at radius 3 is 2.89 bits per heavy atom. The van der Waals surface area contributed by atoms with Crippen molar-refractivity contribution in [3.05, 3.63) is 11.8 Å². The maximum absolute atomic E-state index is 11.7. The summed E-state index contributed by atoms with van der Waals surface area (Å²) in [6, 6.07) is 1.28. The van der Waals surface area contributed by atoms with Gasteiger partial charge in [0.05, 0.1) is 6.61 Å². The van der Waals surface area contributed by atoms with Gasteiger partial charge in [-0.2, -0.15) is 5.10 Å². The molecule has 1 aromatic rings. The van der Waals surface area contributed by atoms with Crippen LogP contribution in [0.1, 0.15) is 31.4 Å². The van der Waals surface area contributed by atoms with Crippen LogP contribution in [-0.2, 0) is 16.1 Å². The van der Waals surface area contributed by atoms with E-state index in [1.165, 1.54) is 25.6 Å². The van der Waals surface area contributed by atoms with Crippen molar-refractivity contribution in [2.75, 3.05) is 19.0 Å². The number of hydrogen-bond acceptors (Lipinski definition) is 4. The van der Waals surface area contributed by atoms with E-state index >= 15 is 0 Å². The summed E-state index contributed by atoms with van der Waals surface area (Å²) in [5, 5.41) is 7.09. The Labute approximate surface area is 119 Å². The number of aryl methyl sites for hydroxylation is 1. The van der Waals surface area contributed by atoms with Crippen molar-refractivity contribution in [1.82, 2.24) is 9.78 Å². The Kier molecular flexibility index (Phi) is 5.78. The number of carbonyl (C=O) groups is 1. The van der Waals surface area contributed by atoms with Crippen LogP contribution in [0.3, 0.4) is 0 Å². The first-order chi connectivity index (χ1) is 8.65. The van der Waals surface area contributed by atoms with Crippen molar-refractivity contribution in [2.24, 2.45) is 5.73 Å². The fraction of sp³-hybridized carbons (Fsp3) is 0.667. The Bertz CT molecular complexity index is 431. The van der Waals surface area contributed by atoms with Crippen molar-refractivity contribution < 1.29 is 9.53 Å². The average Bonchev–Trinajstić information content (AvgIpc) is 3.11. The van der Waals surface area contributed by atoms with E-state index in [2.05, 4.69) is 10.4 Å². The molecule has 19 heavy (non-hydrogen) atoms. The summed E-state index contributed by atoms with van der Waals surface area (Å²) in [6.45, 7) is 3.06. The van der Waals surface area contributed by atoms with Crippen molar-refractivity contribution in [2.45, 2.75) is 38.3 Å². The van der Waals surface area contributed by atoms with Gasteiger partial charge in [-0.25, -0.2) is 0 Å². The minimum Gasteiger partial charge on any atom is -0.383 e. The number of hydrogen-bond donors (Lipinski definition) is 2. The number of rotatable bonds is 6. The van der Waals surface area contributed by atoms with Crippen LogP contribution in [0.5, 0.6) is 0 Å². The second kappa shape index (κ2) is 6.88. The third kappa shape index (κ3) is 3.92. The molecule has 0 aromatic carbocycles. The molecule has 0 spiro atoms. The molecule has 0 saturated heterocycles. The lowest BCUT2D eigenvalue weighted by Crippen LogP contribution is -2.39. The zero-order chi connectivity index (χ0) is 13.1. The summed E-state index contributed by atoms with van der Waals surface area (Å²) < 4.78 is 6.79. The van der Waals surface area contributed by atoms with E-state index in [1.54, 1.807) is 0 Å². The molecule has 1 aromatic heterocycles. The van der Waals surface area contributed by atoms with Gasteiger partial charge in [-0.15, -0.1) is 12.4 Å². The fourth-order valence-electron chi connectivity index (χ4n) is 1.93. The van der Waals surface area contributed by atoms with E-state index in [1.807, 2.05) is 17.7 Å². The first kappa shape index (κ1) is 15.9. The molecular formula is C12H21ClN4O2. The zero-order valence-corrected chi connectivity index (χ0v) is 12.1. The number of nitrogens with one attached hydrogen (secondary N) is 1. The number of nitrogens with zero attached hydrogens (tertiary/aromatic N) is 2. The van der Waals surface area contributed by atoms with Crippen molar-refractivity contribution in [3.63, 3.8) is 0 Å². The summed E-state index contributed by atoms with van der Waals surface area (Å²) in [5.41, 5.74) is 6.86. The topological polar surface area (TPSA) is 82.2 Å². The van der Waals surface area contributed by atoms with Gasteiger partial charge in [0.15, 0.2) is 5.82 Å². The lowest BCUT2D eigenvalue weighted by atomic mass is 10.3.